The first kappa shape index (κ1) is 25.0. The molecule has 3 heterocycles. The first-order valence-corrected chi connectivity index (χ1v) is 10.9. The molecule has 9 nitrogen and oxygen atoms in total. The topological polar surface area (TPSA) is 92.5 Å². The summed E-state index contributed by atoms with van der Waals surface area (Å²) in [5.41, 5.74) is 1.08. The van der Waals surface area contributed by atoms with Gasteiger partial charge in [-0.25, -0.2) is 9.98 Å². The Bertz CT molecular complexity index is 816. The maximum absolute atomic E-state index is 5.41. The van der Waals surface area contributed by atoms with Crippen LogP contribution in [0.25, 0.3) is 0 Å². The second kappa shape index (κ2) is 12.5. The van der Waals surface area contributed by atoms with Crippen molar-refractivity contribution < 1.29 is 4.74 Å². The summed E-state index contributed by atoms with van der Waals surface area (Å²) in [5, 5.41) is 16.3. The predicted octanol–water partition coefficient (Wildman–Crippen LogP) is 1.77. The van der Waals surface area contributed by atoms with E-state index in [0.29, 0.717) is 13.1 Å². The molecular weight excluding hydrogens is 515 g/mol. The number of guanidine groups is 1. The van der Waals surface area contributed by atoms with Gasteiger partial charge in [0.1, 0.15) is 12.4 Å². The molecule has 0 aliphatic carbocycles. The molecule has 2 N–H and O–H groups in total. The number of ether oxygens (including phenoxy) is 1. The van der Waals surface area contributed by atoms with E-state index in [9.17, 15) is 0 Å². The average Bonchev–Trinajstić information content (AvgIpc) is 3.21. The maximum atomic E-state index is 5.41. The molecule has 0 radical (unpaired) electrons. The molecule has 2 aromatic rings. The third kappa shape index (κ3) is 7.43. The van der Waals surface area contributed by atoms with E-state index in [4.69, 9.17) is 9.73 Å². The largest absolute Gasteiger partial charge is 0.379 e. The van der Waals surface area contributed by atoms with Crippen LogP contribution >= 0.6 is 35.3 Å². The van der Waals surface area contributed by atoms with Crippen LogP contribution in [0.5, 0.6) is 0 Å². The summed E-state index contributed by atoms with van der Waals surface area (Å²) in [4.78, 5) is 12.9. The van der Waals surface area contributed by atoms with Crippen LogP contribution in [0.4, 0.5) is 0 Å². The molecule has 0 unspecified atom stereocenters. The van der Waals surface area contributed by atoms with Crippen molar-refractivity contribution >= 4 is 41.3 Å². The first-order chi connectivity index (χ1) is 14.0. The van der Waals surface area contributed by atoms with Gasteiger partial charge in [-0.2, -0.15) is 0 Å². The van der Waals surface area contributed by atoms with Crippen LogP contribution < -0.4 is 10.6 Å². The summed E-state index contributed by atoms with van der Waals surface area (Å²) in [5.74, 6) is 2.53. The molecule has 1 saturated heterocycles. The van der Waals surface area contributed by atoms with Crippen LogP contribution in [-0.2, 0) is 24.9 Å². The van der Waals surface area contributed by atoms with Gasteiger partial charge in [-0.3, -0.25) is 4.90 Å². The average molecular weight is 548 g/mol. The molecule has 30 heavy (non-hydrogen) atoms. The highest BCUT2D eigenvalue weighted by Crippen LogP contribution is 2.16. The fourth-order valence-electron chi connectivity index (χ4n) is 3.15. The Morgan fingerprint density at radius 2 is 1.93 bits per heavy atom. The molecular formula is C19H33IN8OS. The normalized spacial score (nSPS) is 15.1. The lowest BCUT2D eigenvalue weighted by Crippen LogP contribution is -2.40. The second-order valence-electron chi connectivity index (χ2n) is 7.22. The minimum atomic E-state index is 0. The number of hydrogen-bond donors (Lipinski definition) is 2. The van der Waals surface area contributed by atoms with E-state index >= 15 is 0 Å². The summed E-state index contributed by atoms with van der Waals surface area (Å²) in [6, 6.07) is 0. The SMILES string of the molecule is Cc1nc(C)c(CNC(=NCc2nnc(C)n2C)NCCCN2CCOCC2)s1.I. The molecule has 1 fully saturated rings. The van der Waals surface area contributed by atoms with Crippen molar-refractivity contribution in [1.29, 1.82) is 0 Å². The van der Waals surface area contributed by atoms with Gasteiger partial charge in [0.05, 0.1) is 30.5 Å². The number of hydrogen-bond acceptors (Lipinski definition) is 7. The summed E-state index contributed by atoms with van der Waals surface area (Å²) >= 11 is 1.72. The summed E-state index contributed by atoms with van der Waals surface area (Å²) in [6.45, 7) is 12.9. The highest BCUT2D eigenvalue weighted by atomic mass is 127. The third-order valence-corrected chi connectivity index (χ3v) is 6.10. The Morgan fingerprint density at radius 1 is 1.17 bits per heavy atom. The number of aryl methyl sites for hydroxylation is 3. The summed E-state index contributed by atoms with van der Waals surface area (Å²) < 4.78 is 7.38. The van der Waals surface area contributed by atoms with E-state index in [2.05, 4.69) is 37.6 Å². The quantitative estimate of drug-likeness (QED) is 0.225. The second-order valence-corrected chi connectivity index (χ2v) is 8.50. The lowest BCUT2D eigenvalue weighted by Gasteiger charge is -2.26. The highest BCUT2D eigenvalue weighted by Gasteiger charge is 2.11. The minimum Gasteiger partial charge on any atom is -0.379 e. The van der Waals surface area contributed by atoms with E-state index in [1.54, 1.807) is 11.3 Å². The van der Waals surface area contributed by atoms with Crippen LogP contribution in [0.2, 0.25) is 0 Å². The van der Waals surface area contributed by atoms with Crippen molar-refractivity contribution in [3.05, 3.63) is 27.2 Å². The zero-order valence-corrected chi connectivity index (χ0v) is 21.4. The van der Waals surface area contributed by atoms with Gasteiger partial charge in [0.25, 0.3) is 0 Å². The van der Waals surface area contributed by atoms with Crippen LogP contribution in [0.1, 0.15) is 33.6 Å². The van der Waals surface area contributed by atoms with Crippen molar-refractivity contribution in [2.45, 2.75) is 40.3 Å². The first-order valence-electron chi connectivity index (χ1n) is 10.1. The van der Waals surface area contributed by atoms with Gasteiger partial charge in [0, 0.05) is 31.6 Å². The van der Waals surface area contributed by atoms with Crippen LogP contribution in [0.15, 0.2) is 4.99 Å². The number of aliphatic imine (C=N–C) groups is 1. The molecule has 2 aromatic heterocycles. The number of nitrogens with zero attached hydrogens (tertiary/aromatic N) is 6. The number of aromatic nitrogens is 4. The van der Waals surface area contributed by atoms with Crippen LogP contribution in [0, 0.1) is 20.8 Å². The molecule has 0 amide bonds. The predicted molar refractivity (Wildman–Crippen MR) is 131 cm³/mol. The minimum absolute atomic E-state index is 0. The highest BCUT2D eigenvalue weighted by molar-refractivity contribution is 14.0. The monoisotopic (exact) mass is 548 g/mol. The van der Waals surface area contributed by atoms with Gasteiger partial charge in [-0.1, -0.05) is 0 Å². The number of halogens is 1. The van der Waals surface area contributed by atoms with Crippen molar-refractivity contribution in [2.75, 3.05) is 39.4 Å². The van der Waals surface area contributed by atoms with E-state index in [1.807, 2.05) is 25.5 Å². The number of nitrogens with one attached hydrogen (secondary N) is 2. The molecule has 0 saturated carbocycles. The fourth-order valence-corrected chi connectivity index (χ4v) is 4.03. The molecule has 11 heteroatoms. The van der Waals surface area contributed by atoms with Gasteiger partial charge in [0.15, 0.2) is 11.8 Å². The molecule has 3 rings (SSSR count). The number of thiazole rings is 1. The van der Waals surface area contributed by atoms with Gasteiger partial charge in [-0.15, -0.1) is 45.5 Å². The molecule has 0 aromatic carbocycles. The Morgan fingerprint density at radius 3 is 2.57 bits per heavy atom. The van der Waals surface area contributed by atoms with E-state index in [0.717, 1.165) is 74.1 Å². The zero-order valence-electron chi connectivity index (χ0n) is 18.3. The molecule has 1 aliphatic heterocycles. The van der Waals surface area contributed by atoms with Gasteiger partial charge in [0.2, 0.25) is 0 Å². The van der Waals surface area contributed by atoms with Crippen LogP contribution in [-0.4, -0.2) is 70.0 Å². The maximum Gasteiger partial charge on any atom is 0.192 e. The lowest BCUT2D eigenvalue weighted by atomic mass is 10.3. The Labute approximate surface area is 199 Å². The van der Waals surface area contributed by atoms with Gasteiger partial charge < -0.3 is 19.9 Å². The van der Waals surface area contributed by atoms with Crippen molar-refractivity contribution in [3.8, 4) is 0 Å². The molecule has 1 aliphatic rings. The Balaban J connectivity index is 0.00000320. The molecule has 168 valence electrons. The number of morpholine rings is 1. The fraction of sp³-hybridized carbons (Fsp3) is 0.684. The zero-order chi connectivity index (χ0) is 20.6. The Hall–Kier alpha value is -1.31. The lowest BCUT2D eigenvalue weighted by molar-refractivity contribution is 0.0376. The summed E-state index contributed by atoms with van der Waals surface area (Å²) in [6.07, 6.45) is 1.06. The molecule has 0 spiro atoms. The van der Waals surface area contributed by atoms with E-state index < -0.39 is 0 Å². The number of rotatable bonds is 8. The molecule has 0 atom stereocenters. The Kier molecular flexibility index (Phi) is 10.4. The van der Waals surface area contributed by atoms with Gasteiger partial charge >= 0.3 is 0 Å². The van der Waals surface area contributed by atoms with E-state index in [-0.39, 0.29) is 24.0 Å². The smallest absolute Gasteiger partial charge is 0.192 e. The molecule has 0 bridgehead atoms. The summed E-state index contributed by atoms with van der Waals surface area (Å²) in [7, 11) is 1.96. The van der Waals surface area contributed by atoms with Crippen molar-refractivity contribution in [2.24, 2.45) is 12.0 Å². The van der Waals surface area contributed by atoms with Gasteiger partial charge in [-0.05, 0) is 33.7 Å². The van der Waals surface area contributed by atoms with E-state index in [1.165, 1.54) is 4.88 Å². The van der Waals surface area contributed by atoms with Crippen molar-refractivity contribution in [1.82, 2.24) is 35.3 Å². The third-order valence-electron chi connectivity index (χ3n) is 5.02. The van der Waals surface area contributed by atoms with Crippen LogP contribution in [0.3, 0.4) is 0 Å². The standard InChI is InChI=1S/C19H32N8OS.HI/c1-14-17(29-16(3)23-14)12-21-19(22-13-18-25-24-15(2)26(18)4)20-6-5-7-27-8-10-28-11-9-27;/h5-13H2,1-4H3,(H2,20,21,22);1H. The van der Waals surface area contributed by atoms with Crippen molar-refractivity contribution in [3.63, 3.8) is 0 Å².